The van der Waals surface area contributed by atoms with E-state index in [0.717, 1.165) is 57.3 Å². The van der Waals surface area contributed by atoms with Gasteiger partial charge in [-0.25, -0.2) is 0 Å². The maximum Gasteiger partial charge on any atom is 0.293 e. The molecule has 0 bridgehead atoms. The standard InChI is InChI=1S/C31H52BN2O2S.C2H6S.C2H6/c1-28(2,3)33-27(35)31(8,17-11-12-18-32-36-29(4,5)30(6,7)37)25-15-19-34(20-16-25)26-21-23-13-9-10-14-24(23)22-26;1-2-3;1-2/h9-10,13-14,25-26,37H,11-12,15-22H2,1-8H3,(H,33,35);3H,2H2,1H3;1-2H3. The lowest BCUT2D eigenvalue weighted by Crippen LogP contribution is -2.53. The highest BCUT2D eigenvalue weighted by atomic mass is 32.1. The molecule has 4 nitrogen and oxygen atoms in total. The largest absolute Gasteiger partial charge is 0.434 e. The van der Waals surface area contributed by atoms with E-state index in [1.54, 1.807) is 0 Å². The van der Waals surface area contributed by atoms with E-state index >= 15 is 0 Å². The molecule has 1 radical (unpaired) electrons. The number of likely N-dealkylation sites (tertiary alicyclic amines) is 1. The predicted octanol–water partition coefficient (Wildman–Crippen LogP) is 8.46. The highest BCUT2D eigenvalue weighted by Crippen LogP contribution is 2.41. The van der Waals surface area contributed by atoms with Crippen LogP contribution < -0.4 is 5.32 Å². The number of fused-ring (bicyclic) bond motifs is 1. The Labute approximate surface area is 272 Å². The van der Waals surface area contributed by atoms with Gasteiger partial charge in [-0.05, 0) is 116 Å². The maximum absolute atomic E-state index is 13.7. The van der Waals surface area contributed by atoms with E-state index in [1.165, 1.54) is 24.0 Å². The van der Waals surface area contributed by atoms with Gasteiger partial charge in [0.2, 0.25) is 5.91 Å². The first-order chi connectivity index (χ1) is 19.5. The van der Waals surface area contributed by atoms with Crippen LogP contribution >= 0.6 is 25.3 Å². The van der Waals surface area contributed by atoms with Crippen molar-refractivity contribution in [3.05, 3.63) is 35.4 Å². The average Bonchev–Trinajstić information content (AvgIpc) is 3.35. The summed E-state index contributed by atoms with van der Waals surface area (Å²) in [5.74, 6) is 1.59. The number of carbonyl (C=O) groups is 1. The van der Waals surface area contributed by atoms with E-state index < -0.39 is 0 Å². The van der Waals surface area contributed by atoms with E-state index in [2.05, 4.69) is 115 Å². The van der Waals surface area contributed by atoms with Gasteiger partial charge in [-0.1, -0.05) is 71.1 Å². The van der Waals surface area contributed by atoms with Crippen LogP contribution in [-0.4, -0.2) is 59.1 Å². The zero-order valence-corrected chi connectivity index (χ0v) is 30.8. The van der Waals surface area contributed by atoms with Crippen molar-refractivity contribution in [2.75, 3.05) is 18.8 Å². The van der Waals surface area contributed by atoms with Crippen LogP contribution in [0.4, 0.5) is 0 Å². The number of hydrogen-bond acceptors (Lipinski definition) is 5. The van der Waals surface area contributed by atoms with Crippen LogP contribution in [0.3, 0.4) is 0 Å². The molecule has 7 heteroatoms. The molecular formula is C35H64BN2O2S2. The number of nitrogens with one attached hydrogen (secondary N) is 1. The van der Waals surface area contributed by atoms with Gasteiger partial charge >= 0.3 is 0 Å². The fourth-order valence-corrected chi connectivity index (χ4v) is 5.87. The summed E-state index contributed by atoms with van der Waals surface area (Å²) in [7, 11) is 1.95. The van der Waals surface area contributed by atoms with Crippen LogP contribution in [0.15, 0.2) is 24.3 Å². The van der Waals surface area contributed by atoms with Gasteiger partial charge in [0.1, 0.15) is 0 Å². The van der Waals surface area contributed by atoms with Gasteiger partial charge in [-0.15, -0.1) is 0 Å². The molecule has 3 rings (SSSR count). The summed E-state index contributed by atoms with van der Waals surface area (Å²) in [5, 5.41) is 3.33. The normalized spacial score (nSPS) is 18.1. The summed E-state index contributed by atoms with van der Waals surface area (Å²) in [5.41, 5.74) is 2.15. The van der Waals surface area contributed by atoms with Crippen LogP contribution in [0.5, 0.6) is 0 Å². The van der Waals surface area contributed by atoms with Crippen LogP contribution in [0.1, 0.15) is 119 Å². The first-order valence-corrected chi connectivity index (χ1v) is 17.6. The first-order valence-electron chi connectivity index (χ1n) is 16.5. The SMILES string of the molecule is CC.CC(C)(C)NC(=O)C(C)(CCCC[B]OC(C)(C)C(C)(C)S)C1CCN(C2Cc3ccccc3C2)CC1.CCS. The lowest BCUT2D eigenvalue weighted by molar-refractivity contribution is -0.136. The molecule has 241 valence electrons. The summed E-state index contributed by atoms with van der Waals surface area (Å²) in [6.07, 6.45) is 8.40. The molecule has 1 fully saturated rings. The summed E-state index contributed by atoms with van der Waals surface area (Å²) in [6.45, 7) is 25.0. The molecule has 1 atom stereocenters. The molecule has 1 heterocycles. The summed E-state index contributed by atoms with van der Waals surface area (Å²) in [4.78, 5) is 16.4. The van der Waals surface area contributed by atoms with Gasteiger partial charge in [0, 0.05) is 21.7 Å². The molecule has 0 spiro atoms. The van der Waals surface area contributed by atoms with E-state index in [9.17, 15) is 4.79 Å². The second-order valence-corrected chi connectivity index (χ2v) is 15.9. The van der Waals surface area contributed by atoms with Gasteiger partial charge in [0.25, 0.3) is 7.48 Å². The monoisotopic (exact) mass is 619 g/mol. The maximum atomic E-state index is 13.7. The minimum Gasteiger partial charge on any atom is -0.434 e. The molecule has 1 aliphatic carbocycles. The molecule has 2 aliphatic rings. The summed E-state index contributed by atoms with van der Waals surface area (Å²) in [6, 6.07) is 9.53. The van der Waals surface area contributed by atoms with Gasteiger partial charge in [-0.3, -0.25) is 9.69 Å². The second-order valence-electron chi connectivity index (χ2n) is 14.2. The predicted molar refractivity (Wildman–Crippen MR) is 191 cm³/mol. The third-order valence-electron chi connectivity index (χ3n) is 9.10. The molecule has 0 saturated carbocycles. The van der Waals surface area contributed by atoms with Gasteiger partial charge < -0.3 is 9.97 Å². The number of thiol groups is 2. The molecule has 1 saturated heterocycles. The Morgan fingerprint density at radius 2 is 1.48 bits per heavy atom. The van der Waals surface area contributed by atoms with Crippen LogP contribution in [-0.2, 0) is 22.3 Å². The number of amides is 1. The average molecular weight is 620 g/mol. The fraction of sp³-hybridized carbons (Fsp3) is 0.800. The second kappa shape index (κ2) is 17.8. The van der Waals surface area contributed by atoms with Crippen molar-refractivity contribution in [1.29, 1.82) is 0 Å². The van der Waals surface area contributed by atoms with Crippen molar-refractivity contribution >= 4 is 38.6 Å². The minimum atomic E-state index is -0.342. The van der Waals surface area contributed by atoms with Crippen molar-refractivity contribution < 1.29 is 9.45 Å². The highest BCUT2D eigenvalue weighted by Gasteiger charge is 2.44. The summed E-state index contributed by atoms with van der Waals surface area (Å²) < 4.78 is 5.83. The molecule has 1 aromatic carbocycles. The molecule has 0 aromatic heterocycles. The molecule has 1 aliphatic heterocycles. The Bertz CT molecular complexity index is 895. The van der Waals surface area contributed by atoms with Crippen molar-refractivity contribution in [3.8, 4) is 0 Å². The Kier molecular flexibility index (Phi) is 16.7. The van der Waals surface area contributed by atoms with Crippen LogP contribution in [0.2, 0.25) is 6.32 Å². The van der Waals surface area contributed by atoms with Crippen molar-refractivity contribution in [3.63, 3.8) is 0 Å². The molecule has 1 unspecified atom stereocenters. The topological polar surface area (TPSA) is 41.6 Å². The summed E-state index contributed by atoms with van der Waals surface area (Å²) >= 11 is 8.47. The molecule has 1 N–H and O–H groups in total. The van der Waals surface area contributed by atoms with E-state index in [4.69, 9.17) is 4.65 Å². The lowest BCUT2D eigenvalue weighted by atomic mass is 9.68. The third kappa shape index (κ3) is 12.0. The molecule has 1 aromatic rings. The Morgan fingerprint density at radius 3 is 1.93 bits per heavy atom. The third-order valence-corrected chi connectivity index (χ3v) is 9.64. The van der Waals surface area contributed by atoms with Crippen molar-refractivity contribution in [2.45, 2.75) is 149 Å². The number of rotatable bonds is 11. The fourth-order valence-electron chi connectivity index (χ4n) is 5.81. The van der Waals surface area contributed by atoms with Crippen molar-refractivity contribution in [1.82, 2.24) is 10.2 Å². The molecule has 42 heavy (non-hydrogen) atoms. The number of carbonyl (C=O) groups excluding carboxylic acids is 1. The first kappa shape index (κ1) is 39.4. The number of unbranched alkanes of at least 4 members (excludes halogenated alkanes) is 1. The minimum absolute atomic E-state index is 0.219. The molecule has 1 amide bonds. The Morgan fingerprint density at radius 1 is 0.976 bits per heavy atom. The van der Waals surface area contributed by atoms with Gasteiger partial charge in [0.15, 0.2) is 0 Å². The van der Waals surface area contributed by atoms with Crippen molar-refractivity contribution in [2.24, 2.45) is 11.3 Å². The number of piperidine rings is 1. The Hall–Kier alpha value is -0.625. The highest BCUT2D eigenvalue weighted by molar-refractivity contribution is 7.81. The number of hydrogen-bond donors (Lipinski definition) is 3. The number of benzene rings is 1. The lowest BCUT2D eigenvalue weighted by Gasteiger charge is -2.44. The van der Waals surface area contributed by atoms with E-state index in [-0.39, 0.29) is 27.2 Å². The zero-order chi connectivity index (χ0) is 32.2. The van der Waals surface area contributed by atoms with E-state index in [1.807, 2.05) is 28.3 Å². The molecular weight excluding hydrogens is 555 g/mol. The number of nitrogens with zero attached hydrogens (tertiary/aromatic N) is 1. The quantitative estimate of drug-likeness (QED) is 0.132. The van der Waals surface area contributed by atoms with Gasteiger partial charge in [-0.2, -0.15) is 25.3 Å². The van der Waals surface area contributed by atoms with Crippen LogP contribution in [0, 0.1) is 11.3 Å². The zero-order valence-electron chi connectivity index (χ0n) is 29.0. The van der Waals surface area contributed by atoms with E-state index in [0.29, 0.717) is 12.0 Å². The van der Waals surface area contributed by atoms with Crippen LogP contribution in [0.25, 0.3) is 0 Å². The van der Waals surface area contributed by atoms with Gasteiger partial charge in [0.05, 0.1) is 5.60 Å². The Balaban J connectivity index is 0.00000165. The smallest absolute Gasteiger partial charge is 0.293 e.